The number of halogens is 1. The van der Waals surface area contributed by atoms with Crippen molar-refractivity contribution in [3.8, 4) is 0 Å². The van der Waals surface area contributed by atoms with Gasteiger partial charge < -0.3 is 24.2 Å². The van der Waals surface area contributed by atoms with E-state index in [1.54, 1.807) is 32.0 Å². The van der Waals surface area contributed by atoms with Crippen molar-refractivity contribution >= 4 is 33.4 Å². The van der Waals surface area contributed by atoms with Crippen LogP contribution in [0.3, 0.4) is 0 Å². The van der Waals surface area contributed by atoms with Gasteiger partial charge in [0.1, 0.15) is 18.1 Å². The van der Waals surface area contributed by atoms with Crippen LogP contribution in [0, 0.1) is 16.0 Å². The summed E-state index contributed by atoms with van der Waals surface area (Å²) in [4.78, 5) is 46.6. The number of hydrogen-bond acceptors (Lipinski definition) is 10. The number of aliphatic imine (C=N–C) groups is 1. The van der Waals surface area contributed by atoms with Crippen LogP contribution in [0.4, 0.5) is 0 Å². The summed E-state index contributed by atoms with van der Waals surface area (Å²) in [6.45, 7) is 2.63. The molecule has 1 N–H and O–H groups in total. The van der Waals surface area contributed by atoms with Crippen molar-refractivity contribution in [2.24, 2.45) is 10.9 Å². The number of Topliss-reactive ketones (excluding diaryl/α,β-unsaturated/α-hetero) is 1. The first-order chi connectivity index (χ1) is 16.1. The third-order valence-corrected chi connectivity index (χ3v) is 6.92. The maximum atomic E-state index is 14.0. The standard InChI is InChI=1S/C22H23BrN2O9/c1-10-15(19(26)22(28)9-33-18-14(34-25(29)30)8-32-20(18)22)17(12-5-4-6-13(23)7-12)16(11(2)24-10)21(27)31-3/h4-7,14,16-18,20,28H,8-9H2,1-3H3/t14-,16?,17?,18-,20+,22-/m1/s1. The predicted molar refractivity (Wildman–Crippen MR) is 120 cm³/mol. The average molecular weight is 539 g/mol. The Hall–Kier alpha value is -2.67. The number of carbonyl (C=O) groups excluding carboxylic acids is 2. The van der Waals surface area contributed by atoms with Crippen LogP contribution in [0.5, 0.6) is 0 Å². The molecule has 0 aliphatic carbocycles. The van der Waals surface area contributed by atoms with Crippen molar-refractivity contribution in [1.29, 1.82) is 0 Å². The van der Waals surface area contributed by atoms with Crippen molar-refractivity contribution in [3.63, 3.8) is 0 Å². The minimum atomic E-state index is -2.15. The molecule has 0 bridgehead atoms. The van der Waals surface area contributed by atoms with Crippen LogP contribution in [0.2, 0.25) is 0 Å². The number of nitrogens with zero attached hydrogens (tertiary/aromatic N) is 2. The van der Waals surface area contributed by atoms with E-state index in [1.165, 1.54) is 7.11 Å². The van der Waals surface area contributed by atoms with Crippen LogP contribution in [-0.2, 0) is 28.6 Å². The summed E-state index contributed by atoms with van der Waals surface area (Å²) in [7, 11) is 1.25. The van der Waals surface area contributed by atoms with E-state index in [0.717, 1.165) is 4.47 Å². The van der Waals surface area contributed by atoms with Gasteiger partial charge in [-0.05, 0) is 31.5 Å². The van der Waals surface area contributed by atoms with Gasteiger partial charge >= 0.3 is 5.97 Å². The molecule has 3 aliphatic rings. The Kier molecular flexibility index (Phi) is 6.60. The average Bonchev–Trinajstić information content (AvgIpc) is 3.33. The monoisotopic (exact) mass is 538 g/mol. The summed E-state index contributed by atoms with van der Waals surface area (Å²) in [6, 6.07) is 7.14. The molecule has 34 heavy (non-hydrogen) atoms. The first-order valence-corrected chi connectivity index (χ1v) is 11.3. The van der Waals surface area contributed by atoms with Crippen LogP contribution in [0.25, 0.3) is 0 Å². The number of rotatable bonds is 6. The number of benzene rings is 1. The Balaban J connectivity index is 1.77. The van der Waals surface area contributed by atoms with E-state index in [9.17, 15) is 24.8 Å². The van der Waals surface area contributed by atoms with Gasteiger partial charge in [-0.2, -0.15) is 0 Å². The number of allylic oxidation sites excluding steroid dienone is 1. The number of fused-ring (bicyclic) bond motifs is 1. The summed E-state index contributed by atoms with van der Waals surface area (Å²) >= 11 is 3.42. The molecule has 2 saturated heterocycles. The topological polar surface area (TPSA) is 147 Å². The number of methoxy groups -OCH3 is 1. The van der Waals surface area contributed by atoms with Gasteiger partial charge in [-0.25, -0.2) is 0 Å². The van der Waals surface area contributed by atoms with E-state index < -0.39 is 59.2 Å². The largest absolute Gasteiger partial charge is 0.468 e. The highest BCUT2D eigenvalue weighted by Crippen LogP contribution is 2.45. The molecule has 182 valence electrons. The number of esters is 1. The third kappa shape index (κ3) is 4.04. The molecule has 1 aromatic rings. The number of carbonyl (C=O) groups is 2. The molecule has 3 heterocycles. The Morgan fingerprint density at radius 3 is 2.71 bits per heavy atom. The molecule has 2 fully saturated rings. The van der Waals surface area contributed by atoms with E-state index in [-0.39, 0.29) is 12.2 Å². The SMILES string of the molecule is COC(=O)C1C(C)=NC(C)=C(C(=O)[C@]2(O)CO[C@@H]3[C@H](O[N+](=O)[O-])CO[C@@H]32)C1c1cccc(Br)c1. The fourth-order valence-electron chi connectivity index (χ4n) is 4.95. The molecular formula is C22H23BrN2O9. The zero-order valence-electron chi connectivity index (χ0n) is 18.6. The molecule has 3 aliphatic heterocycles. The highest BCUT2D eigenvalue weighted by molar-refractivity contribution is 9.10. The first kappa shape index (κ1) is 24.5. The van der Waals surface area contributed by atoms with Gasteiger partial charge in [0, 0.05) is 27.4 Å². The van der Waals surface area contributed by atoms with Gasteiger partial charge in [-0.15, -0.1) is 10.1 Å². The van der Waals surface area contributed by atoms with E-state index in [2.05, 4.69) is 25.8 Å². The summed E-state index contributed by atoms with van der Waals surface area (Å²) in [6.07, 6.45) is -3.26. The van der Waals surface area contributed by atoms with Gasteiger partial charge in [0.25, 0.3) is 5.09 Å². The smallest absolute Gasteiger partial charge is 0.315 e. The fraction of sp³-hybridized carbons (Fsp3) is 0.500. The molecule has 4 rings (SSSR count). The molecule has 12 heteroatoms. The second-order valence-electron chi connectivity index (χ2n) is 8.44. The summed E-state index contributed by atoms with van der Waals surface area (Å²) in [5.41, 5.74) is -0.590. The zero-order chi connectivity index (χ0) is 24.8. The lowest BCUT2D eigenvalue weighted by atomic mass is 9.71. The quantitative estimate of drug-likeness (QED) is 0.324. The van der Waals surface area contributed by atoms with Gasteiger partial charge in [-0.3, -0.25) is 14.6 Å². The summed E-state index contributed by atoms with van der Waals surface area (Å²) in [5.74, 6) is -3.01. The molecule has 0 spiro atoms. The zero-order valence-corrected chi connectivity index (χ0v) is 20.2. The van der Waals surface area contributed by atoms with E-state index in [1.807, 2.05) is 6.07 Å². The lowest BCUT2D eigenvalue weighted by molar-refractivity contribution is -0.769. The molecule has 2 unspecified atom stereocenters. The van der Waals surface area contributed by atoms with E-state index in [0.29, 0.717) is 17.0 Å². The number of hydrogen-bond donors (Lipinski definition) is 1. The minimum absolute atomic E-state index is 0.119. The second kappa shape index (κ2) is 9.17. The van der Waals surface area contributed by atoms with Crippen molar-refractivity contribution in [3.05, 3.63) is 55.7 Å². The van der Waals surface area contributed by atoms with Crippen LogP contribution in [0.1, 0.15) is 25.3 Å². The summed E-state index contributed by atoms with van der Waals surface area (Å²) < 4.78 is 16.8. The maximum Gasteiger partial charge on any atom is 0.315 e. The van der Waals surface area contributed by atoms with Crippen molar-refractivity contribution < 1.29 is 38.8 Å². The van der Waals surface area contributed by atoms with Gasteiger partial charge in [0.05, 0.1) is 20.3 Å². The molecule has 0 radical (unpaired) electrons. The first-order valence-electron chi connectivity index (χ1n) is 10.5. The Labute approximate surface area is 203 Å². The van der Waals surface area contributed by atoms with Gasteiger partial charge in [0.15, 0.2) is 17.5 Å². The molecule has 6 atom stereocenters. The van der Waals surface area contributed by atoms with Gasteiger partial charge in [0.2, 0.25) is 0 Å². The van der Waals surface area contributed by atoms with Crippen molar-refractivity contribution in [1.82, 2.24) is 0 Å². The van der Waals surface area contributed by atoms with Crippen LogP contribution < -0.4 is 0 Å². The second-order valence-corrected chi connectivity index (χ2v) is 9.35. The minimum Gasteiger partial charge on any atom is -0.468 e. The Morgan fingerprint density at radius 2 is 2.06 bits per heavy atom. The number of ether oxygens (including phenoxy) is 3. The molecule has 1 aromatic carbocycles. The lowest BCUT2D eigenvalue weighted by Crippen LogP contribution is -2.53. The molecule has 0 saturated carbocycles. The lowest BCUT2D eigenvalue weighted by Gasteiger charge is -2.35. The van der Waals surface area contributed by atoms with Crippen molar-refractivity contribution in [2.45, 2.75) is 43.7 Å². The van der Waals surface area contributed by atoms with E-state index in [4.69, 9.17) is 14.2 Å². The van der Waals surface area contributed by atoms with Crippen LogP contribution in [0.15, 0.2) is 45.0 Å². The van der Waals surface area contributed by atoms with Crippen molar-refractivity contribution in [2.75, 3.05) is 20.3 Å². The number of ketones is 1. The summed E-state index contributed by atoms with van der Waals surface area (Å²) in [5, 5.41) is 21.3. The fourth-order valence-corrected chi connectivity index (χ4v) is 5.36. The molecular weight excluding hydrogens is 516 g/mol. The Bertz CT molecular complexity index is 1100. The normalized spacial score (nSPS) is 32.7. The molecule has 0 aromatic heterocycles. The third-order valence-electron chi connectivity index (χ3n) is 6.42. The maximum absolute atomic E-state index is 14.0. The Morgan fingerprint density at radius 1 is 1.32 bits per heavy atom. The van der Waals surface area contributed by atoms with Gasteiger partial charge in [-0.1, -0.05) is 28.1 Å². The number of aliphatic hydroxyl groups is 1. The van der Waals surface area contributed by atoms with E-state index >= 15 is 0 Å². The predicted octanol–water partition coefficient (Wildman–Crippen LogP) is 1.75. The highest BCUT2D eigenvalue weighted by atomic mass is 79.9. The van der Waals surface area contributed by atoms with Crippen LogP contribution >= 0.6 is 15.9 Å². The molecule has 11 nitrogen and oxygen atoms in total. The highest BCUT2D eigenvalue weighted by Gasteiger charge is 2.62. The molecule has 0 amide bonds. The van der Waals surface area contributed by atoms with Crippen LogP contribution in [-0.4, -0.2) is 71.9 Å².